The average Bonchev–Trinajstić information content (AvgIpc) is 2.53. The first-order chi connectivity index (χ1) is 10.1. The smallest absolute Gasteiger partial charge is 0.189 e. The SMILES string of the molecule is C#CCC(C(=O)c1ccccc1)S(=O)(=O)c1ccccc1. The van der Waals surface area contributed by atoms with Gasteiger partial charge in [0.25, 0.3) is 0 Å². The molecule has 0 saturated heterocycles. The third-order valence-corrected chi connectivity index (χ3v) is 5.16. The number of carbonyl (C=O) groups is 1. The minimum atomic E-state index is -3.80. The van der Waals surface area contributed by atoms with Crippen LogP contribution in [0.5, 0.6) is 0 Å². The molecule has 4 heteroatoms. The van der Waals surface area contributed by atoms with E-state index in [9.17, 15) is 13.2 Å². The van der Waals surface area contributed by atoms with Gasteiger partial charge in [0.05, 0.1) is 4.90 Å². The van der Waals surface area contributed by atoms with Crippen LogP contribution < -0.4 is 0 Å². The van der Waals surface area contributed by atoms with Crippen molar-refractivity contribution in [2.24, 2.45) is 0 Å². The molecule has 2 aromatic rings. The average molecular weight is 298 g/mol. The molecule has 2 aromatic carbocycles. The molecule has 21 heavy (non-hydrogen) atoms. The fourth-order valence-electron chi connectivity index (χ4n) is 2.01. The first-order valence-corrected chi connectivity index (χ1v) is 7.93. The fourth-order valence-corrected chi connectivity index (χ4v) is 3.61. The molecule has 106 valence electrons. The highest BCUT2D eigenvalue weighted by Gasteiger charge is 2.33. The summed E-state index contributed by atoms with van der Waals surface area (Å²) in [5.41, 5.74) is 0.345. The van der Waals surface area contributed by atoms with Gasteiger partial charge in [-0.15, -0.1) is 12.3 Å². The highest BCUT2D eigenvalue weighted by atomic mass is 32.2. The van der Waals surface area contributed by atoms with Crippen molar-refractivity contribution in [2.75, 3.05) is 0 Å². The van der Waals surface area contributed by atoms with Crippen LogP contribution in [0.4, 0.5) is 0 Å². The van der Waals surface area contributed by atoms with Crippen LogP contribution in [-0.2, 0) is 9.84 Å². The van der Waals surface area contributed by atoms with Gasteiger partial charge in [0.2, 0.25) is 0 Å². The molecule has 0 aromatic heterocycles. The molecule has 1 unspecified atom stereocenters. The Morgan fingerprint density at radius 2 is 1.52 bits per heavy atom. The van der Waals surface area contributed by atoms with Crippen molar-refractivity contribution in [2.45, 2.75) is 16.6 Å². The molecule has 0 amide bonds. The molecule has 0 N–H and O–H groups in total. The van der Waals surface area contributed by atoms with Gasteiger partial charge in [-0.05, 0) is 12.1 Å². The van der Waals surface area contributed by atoms with E-state index in [-0.39, 0.29) is 11.3 Å². The van der Waals surface area contributed by atoms with Gasteiger partial charge in [0.15, 0.2) is 15.6 Å². The lowest BCUT2D eigenvalue weighted by Gasteiger charge is -2.14. The monoisotopic (exact) mass is 298 g/mol. The number of carbonyl (C=O) groups excluding carboxylic acids is 1. The predicted molar refractivity (Wildman–Crippen MR) is 81.6 cm³/mol. The van der Waals surface area contributed by atoms with Crippen LogP contribution in [0, 0.1) is 12.3 Å². The predicted octanol–water partition coefficient (Wildman–Crippen LogP) is 2.74. The van der Waals surface area contributed by atoms with E-state index in [0.29, 0.717) is 5.56 Å². The van der Waals surface area contributed by atoms with E-state index in [4.69, 9.17) is 6.42 Å². The van der Waals surface area contributed by atoms with Crippen LogP contribution in [0.15, 0.2) is 65.6 Å². The van der Waals surface area contributed by atoms with Crippen molar-refractivity contribution in [3.05, 3.63) is 66.2 Å². The molecule has 0 saturated carbocycles. The van der Waals surface area contributed by atoms with Gasteiger partial charge >= 0.3 is 0 Å². The highest BCUT2D eigenvalue weighted by molar-refractivity contribution is 7.92. The summed E-state index contributed by atoms with van der Waals surface area (Å²) in [6.07, 6.45) is 5.11. The van der Waals surface area contributed by atoms with E-state index < -0.39 is 20.9 Å². The number of rotatable bonds is 5. The second-order valence-electron chi connectivity index (χ2n) is 4.49. The minimum Gasteiger partial charge on any atom is -0.293 e. The van der Waals surface area contributed by atoms with E-state index in [1.807, 2.05) is 0 Å². The fraction of sp³-hybridized carbons (Fsp3) is 0.118. The Bertz CT molecular complexity index is 757. The standard InChI is InChI=1S/C17H14O3S/c1-2-9-16(17(18)14-10-5-3-6-11-14)21(19,20)15-12-7-4-8-13-15/h1,3-8,10-13,16H,9H2. The zero-order valence-corrected chi connectivity index (χ0v) is 12.1. The number of sulfone groups is 1. The van der Waals surface area contributed by atoms with E-state index in [0.717, 1.165) is 0 Å². The molecule has 0 aliphatic heterocycles. The van der Waals surface area contributed by atoms with Crippen molar-refractivity contribution in [1.29, 1.82) is 0 Å². The topological polar surface area (TPSA) is 51.2 Å². The van der Waals surface area contributed by atoms with Crippen LogP contribution in [0.25, 0.3) is 0 Å². The molecule has 3 nitrogen and oxygen atoms in total. The van der Waals surface area contributed by atoms with Gasteiger partial charge in [-0.2, -0.15) is 0 Å². The first kappa shape index (κ1) is 15.0. The Balaban J connectivity index is 2.45. The zero-order valence-electron chi connectivity index (χ0n) is 11.3. The lowest BCUT2D eigenvalue weighted by Crippen LogP contribution is -2.30. The molecule has 1 atom stereocenters. The Kier molecular flexibility index (Phi) is 4.56. The van der Waals surface area contributed by atoms with Gasteiger partial charge in [-0.1, -0.05) is 48.5 Å². The second-order valence-corrected chi connectivity index (χ2v) is 6.62. The van der Waals surface area contributed by atoms with E-state index in [1.54, 1.807) is 48.5 Å². The second kappa shape index (κ2) is 6.38. The largest absolute Gasteiger partial charge is 0.293 e. The van der Waals surface area contributed by atoms with Crippen molar-refractivity contribution < 1.29 is 13.2 Å². The van der Waals surface area contributed by atoms with Gasteiger partial charge in [-0.25, -0.2) is 8.42 Å². The van der Waals surface area contributed by atoms with Crippen LogP contribution in [0.3, 0.4) is 0 Å². The Hall–Kier alpha value is -2.38. The summed E-state index contributed by atoms with van der Waals surface area (Å²) in [6.45, 7) is 0. The lowest BCUT2D eigenvalue weighted by atomic mass is 10.1. The summed E-state index contributed by atoms with van der Waals surface area (Å²) in [4.78, 5) is 12.6. The summed E-state index contributed by atoms with van der Waals surface area (Å²) >= 11 is 0. The van der Waals surface area contributed by atoms with E-state index in [1.165, 1.54) is 12.1 Å². The van der Waals surface area contributed by atoms with E-state index in [2.05, 4.69) is 5.92 Å². The molecule has 0 fully saturated rings. The van der Waals surface area contributed by atoms with Gasteiger partial charge in [-0.3, -0.25) is 4.79 Å². The van der Waals surface area contributed by atoms with Gasteiger partial charge < -0.3 is 0 Å². The summed E-state index contributed by atoms with van der Waals surface area (Å²) in [5.74, 6) is 1.82. The molecule has 0 bridgehead atoms. The number of terminal acetylenes is 1. The molecule has 0 heterocycles. The van der Waals surface area contributed by atoms with Crippen molar-refractivity contribution >= 4 is 15.6 Å². The Labute approximate surface area is 124 Å². The number of hydrogen-bond donors (Lipinski definition) is 0. The van der Waals surface area contributed by atoms with Gasteiger partial charge in [0, 0.05) is 12.0 Å². The molecule has 0 aliphatic rings. The van der Waals surface area contributed by atoms with Crippen LogP contribution in [0.1, 0.15) is 16.8 Å². The van der Waals surface area contributed by atoms with Crippen molar-refractivity contribution in [3.8, 4) is 12.3 Å². The van der Waals surface area contributed by atoms with Gasteiger partial charge in [0.1, 0.15) is 5.25 Å². The van der Waals surface area contributed by atoms with E-state index >= 15 is 0 Å². The molecule has 2 rings (SSSR count). The number of benzene rings is 2. The maximum absolute atomic E-state index is 12.6. The van der Waals surface area contributed by atoms with Crippen LogP contribution in [0.2, 0.25) is 0 Å². The maximum Gasteiger partial charge on any atom is 0.189 e. The summed E-state index contributed by atoms with van der Waals surface area (Å²) < 4.78 is 25.2. The minimum absolute atomic E-state index is 0.106. The Morgan fingerprint density at radius 1 is 1.00 bits per heavy atom. The quantitative estimate of drug-likeness (QED) is 0.630. The first-order valence-electron chi connectivity index (χ1n) is 6.39. The molecular formula is C17H14O3S. The zero-order chi connectivity index (χ0) is 15.3. The highest BCUT2D eigenvalue weighted by Crippen LogP contribution is 2.21. The number of ketones is 1. The van der Waals surface area contributed by atoms with Crippen LogP contribution in [-0.4, -0.2) is 19.5 Å². The number of Topliss-reactive ketones (excluding diaryl/α,β-unsaturated/α-hetero) is 1. The van der Waals surface area contributed by atoms with Crippen LogP contribution >= 0.6 is 0 Å². The summed E-state index contributed by atoms with van der Waals surface area (Å²) in [7, 11) is -3.80. The molecule has 0 radical (unpaired) electrons. The summed E-state index contributed by atoms with van der Waals surface area (Å²) in [5, 5.41) is -1.26. The molecule has 0 aliphatic carbocycles. The maximum atomic E-state index is 12.6. The normalized spacial score (nSPS) is 12.3. The van der Waals surface area contributed by atoms with Crippen molar-refractivity contribution in [3.63, 3.8) is 0 Å². The third kappa shape index (κ3) is 3.21. The molecular weight excluding hydrogens is 284 g/mol. The summed E-state index contributed by atoms with van der Waals surface area (Å²) in [6, 6.07) is 16.2. The Morgan fingerprint density at radius 3 is 2.05 bits per heavy atom. The molecule has 0 spiro atoms. The lowest BCUT2D eigenvalue weighted by molar-refractivity contribution is 0.0988. The number of hydrogen-bond acceptors (Lipinski definition) is 3. The van der Waals surface area contributed by atoms with Crippen molar-refractivity contribution in [1.82, 2.24) is 0 Å². The third-order valence-electron chi connectivity index (χ3n) is 3.10.